The fourth-order valence-electron chi connectivity index (χ4n) is 1.97. The molecule has 0 aliphatic heterocycles. The monoisotopic (exact) mass is 300 g/mol. The molecule has 0 aliphatic carbocycles. The van der Waals surface area contributed by atoms with E-state index in [1.54, 1.807) is 6.20 Å². The molecule has 4 heteroatoms. The molecule has 0 atom stereocenters. The van der Waals surface area contributed by atoms with Gasteiger partial charge in [0.1, 0.15) is 5.82 Å². The summed E-state index contributed by atoms with van der Waals surface area (Å²) in [4.78, 5) is 4.23. The van der Waals surface area contributed by atoms with Gasteiger partial charge in [-0.1, -0.05) is 26.7 Å². The van der Waals surface area contributed by atoms with Crippen LogP contribution in [0.5, 0.6) is 0 Å². The molecule has 1 aromatic heterocycles. The molecule has 0 aromatic carbocycles. The van der Waals surface area contributed by atoms with Crippen molar-refractivity contribution in [1.82, 2.24) is 4.98 Å². The highest BCUT2D eigenvalue weighted by Gasteiger charge is 2.24. The zero-order chi connectivity index (χ0) is 12.7. The molecule has 1 aromatic rings. The maximum Gasteiger partial charge on any atom is 0.126 e. The number of nitrogens with zero attached hydrogens (tertiary/aromatic N) is 1. The fourth-order valence-corrected chi connectivity index (χ4v) is 2.20. The number of anilines is 1. The van der Waals surface area contributed by atoms with E-state index in [-0.39, 0.29) is 0 Å². The van der Waals surface area contributed by atoms with Crippen LogP contribution in [0.3, 0.4) is 0 Å². The molecule has 1 heterocycles. The zero-order valence-electron chi connectivity index (χ0n) is 10.5. The molecule has 0 spiro atoms. The Bertz CT molecular complexity index is 321. The van der Waals surface area contributed by atoms with Gasteiger partial charge in [0, 0.05) is 17.2 Å². The summed E-state index contributed by atoms with van der Waals surface area (Å²) in [5.41, 5.74) is -0.613. The van der Waals surface area contributed by atoms with Crippen LogP contribution in [-0.2, 0) is 0 Å². The van der Waals surface area contributed by atoms with E-state index in [4.69, 9.17) is 0 Å². The fraction of sp³-hybridized carbons (Fsp3) is 0.615. The Balaban J connectivity index is 2.54. The lowest BCUT2D eigenvalue weighted by Gasteiger charge is -2.28. The number of aliphatic hydroxyl groups is 1. The summed E-state index contributed by atoms with van der Waals surface area (Å²) in [6.45, 7) is 4.75. The van der Waals surface area contributed by atoms with Gasteiger partial charge in [-0.3, -0.25) is 0 Å². The van der Waals surface area contributed by atoms with Gasteiger partial charge in [0.05, 0.1) is 5.60 Å². The van der Waals surface area contributed by atoms with Gasteiger partial charge in [0.2, 0.25) is 0 Å². The first-order valence-corrected chi connectivity index (χ1v) is 6.97. The van der Waals surface area contributed by atoms with Crippen LogP contribution in [0.1, 0.15) is 39.5 Å². The third kappa shape index (κ3) is 5.04. The van der Waals surface area contributed by atoms with Crippen LogP contribution in [0.25, 0.3) is 0 Å². The molecule has 2 N–H and O–H groups in total. The molecular formula is C13H21BrN2O. The van der Waals surface area contributed by atoms with Crippen molar-refractivity contribution in [3.8, 4) is 0 Å². The van der Waals surface area contributed by atoms with E-state index in [0.717, 1.165) is 36.0 Å². The maximum absolute atomic E-state index is 10.4. The molecule has 0 radical (unpaired) electrons. The Morgan fingerprint density at radius 1 is 1.29 bits per heavy atom. The lowest BCUT2D eigenvalue weighted by molar-refractivity contribution is 0.0343. The van der Waals surface area contributed by atoms with Crippen LogP contribution in [0, 0.1) is 0 Å². The second-order valence-corrected chi connectivity index (χ2v) is 5.36. The first-order valence-electron chi connectivity index (χ1n) is 6.17. The van der Waals surface area contributed by atoms with E-state index in [0.29, 0.717) is 6.54 Å². The second kappa shape index (κ2) is 6.97. The summed E-state index contributed by atoms with van der Waals surface area (Å²) in [7, 11) is 0. The molecular weight excluding hydrogens is 280 g/mol. The minimum absolute atomic E-state index is 0.559. The van der Waals surface area contributed by atoms with Crippen molar-refractivity contribution in [2.24, 2.45) is 0 Å². The average molecular weight is 301 g/mol. The summed E-state index contributed by atoms with van der Waals surface area (Å²) >= 11 is 3.35. The van der Waals surface area contributed by atoms with Crippen LogP contribution in [0.2, 0.25) is 0 Å². The van der Waals surface area contributed by atoms with Crippen molar-refractivity contribution in [3.63, 3.8) is 0 Å². The van der Waals surface area contributed by atoms with E-state index in [9.17, 15) is 5.11 Å². The highest BCUT2D eigenvalue weighted by Crippen LogP contribution is 2.20. The molecule has 0 bridgehead atoms. The molecule has 1 rings (SSSR count). The third-order valence-corrected chi connectivity index (χ3v) is 3.23. The predicted molar refractivity (Wildman–Crippen MR) is 75.2 cm³/mol. The summed E-state index contributed by atoms with van der Waals surface area (Å²) in [5.74, 6) is 0.804. The van der Waals surface area contributed by atoms with E-state index in [1.165, 1.54) is 0 Å². The average Bonchev–Trinajstić information content (AvgIpc) is 2.29. The number of aromatic nitrogens is 1. The van der Waals surface area contributed by atoms with Gasteiger partial charge in [0.15, 0.2) is 0 Å². The highest BCUT2D eigenvalue weighted by atomic mass is 79.9. The zero-order valence-corrected chi connectivity index (χ0v) is 12.1. The van der Waals surface area contributed by atoms with Crippen molar-refractivity contribution < 1.29 is 5.11 Å². The number of nitrogens with one attached hydrogen (secondary N) is 1. The van der Waals surface area contributed by atoms with Crippen molar-refractivity contribution in [2.75, 3.05) is 11.9 Å². The summed E-state index contributed by atoms with van der Waals surface area (Å²) in [5, 5.41) is 13.6. The Morgan fingerprint density at radius 2 is 1.94 bits per heavy atom. The minimum Gasteiger partial charge on any atom is -0.388 e. The van der Waals surface area contributed by atoms with Crippen molar-refractivity contribution in [3.05, 3.63) is 22.8 Å². The van der Waals surface area contributed by atoms with Gasteiger partial charge < -0.3 is 10.4 Å². The van der Waals surface area contributed by atoms with Gasteiger partial charge in [-0.25, -0.2) is 4.98 Å². The number of rotatable bonds is 7. The summed E-state index contributed by atoms with van der Waals surface area (Å²) in [6.07, 6.45) is 5.38. The van der Waals surface area contributed by atoms with Gasteiger partial charge in [-0.15, -0.1) is 0 Å². The largest absolute Gasteiger partial charge is 0.388 e. The Morgan fingerprint density at radius 3 is 2.41 bits per heavy atom. The lowest BCUT2D eigenvalue weighted by Crippen LogP contribution is -2.36. The van der Waals surface area contributed by atoms with Crippen molar-refractivity contribution in [1.29, 1.82) is 0 Å². The van der Waals surface area contributed by atoms with Gasteiger partial charge >= 0.3 is 0 Å². The van der Waals surface area contributed by atoms with Crippen LogP contribution < -0.4 is 5.32 Å². The highest BCUT2D eigenvalue weighted by molar-refractivity contribution is 9.10. The molecule has 0 saturated carbocycles. The van der Waals surface area contributed by atoms with Crippen LogP contribution in [0.4, 0.5) is 5.82 Å². The topological polar surface area (TPSA) is 45.1 Å². The Hall–Kier alpha value is -0.610. The molecule has 0 fully saturated rings. The van der Waals surface area contributed by atoms with Gasteiger partial charge in [-0.2, -0.15) is 0 Å². The first kappa shape index (κ1) is 14.5. The smallest absolute Gasteiger partial charge is 0.126 e. The molecule has 0 aliphatic rings. The van der Waals surface area contributed by atoms with Gasteiger partial charge in [-0.05, 0) is 40.9 Å². The number of pyridine rings is 1. The quantitative estimate of drug-likeness (QED) is 0.809. The lowest BCUT2D eigenvalue weighted by atomic mass is 9.93. The maximum atomic E-state index is 10.4. The van der Waals surface area contributed by atoms with E-state index < -0.39 is 5.60 Å². The number of hydrogen-bond donors (Lipinski definition) is 2. The van der Waals surface area contributed by atoms with Crippen LogP contribution in [-0.4, -0.2) is 22.2 Å². The first-order chi connectivity index (χ1) is 8.09. The van der Waals surface area contributed by atoms with Crippen molar-refractivity contribution >= 4 is 21.7 Å². The Labute approximate surface area is 112 Å². The molecule has 3 nitrogen and oxygen atoms in total. The van der Waals surface area contributed by atoms with E-state index in [2.05, 4.69) is 40.1 Å². The van der Waals surface area contributed by atoms with Crippen LogP contribution >= 0.6 is 15.9 Å². The summed E-state index contributed by atoms with van der Waals surface area (Å²) < 4.78 is 0.959. The summed E-state index contributed by atoms with van der Waals surface area (Å²) in [6, 6.07) is 3.84. The normalized spacial score (nSPS) is 11.5. The predicted octanol–water partition coefficient (Wildman–Crippen LogP) is 3.59. The number of hydrogen-bond acceptors (Lipinski definition) is 3. The standard InChI is InChI=1S/C13H21BrN2O/c1-3-7-13(17,8-4-2)10-16-12-6-5-11(14)9-15-12/h5-6,9,17H,3-4,7-8,10H2,1-2H3,(H,15,16). The number of halogens is 1. The molecule has 0 unspecified atom stereocenters. The second-order valence-electron chi connectivity index (χ2n) is 4.44. The molecule has 0 amide bonds. The van der Waals surface area contributed by atoms with Gasteiger partial charge in [0.25, 0.3) is 0 Å². The Kier molecular flexibility index (Phi) is 5.92. The third-order valence-electron chi connectivity index (χ3n) is 2.76. The molecule has 17 heavy (non-hydrogen) atoms. The van der Waals surface area contributed by atoms with Crippen LogP contribution in [0.15, 0.2) is 22.8 Å². The molecule has 96 valence electrons. The van der Waals surface area contributed by atoms with Crippen molar-refractivity contribution in [2.45, 2.75) is 45.1 Å². The van der Waals surface area contributed by atoms with E-state index in [1.807, 2.05) is 12.1 Å². The SMILES string of the molecule is CCCC(O)(CCC)CNc1ccc(Br)cn1. The van der Waals surface area contributed by atoms with E-state index >= 15 is 0 Å². The minimum atomic E-state index is -0.613. The molecule has 0 saturated heterocycles.